The summed E-state index contributed by atoms with van der Waals surface area (Å²) in [6, 6.07) is 8.61. The molecule has 1 aliphatic rings. The molecule has 0 bridgehead atoms. The normalized spacial score (nSPS) is 21.9. The van der Waals surface area contributed by atoms with E-state index in [0.29, 0.717) is 6.04 Å². The Hall–Kier alpha value is -1.06. The van der Waals surface area contributed by atoms with E-state index in [1.54, 1.807) is 0 Å². The molecule has 0 radical (unpaired) electrons. The lowest BCUT2D eigenvalue weighted by Gasteiger charge is -2.38. The van der Waals surface area contributed by atoms with Crippen LogP contribution < -0.4 is 4.90 Å². The second-order valence-corrected chi connectivity index (χ2v) is 4.81. The predicted molar refractivity (Wildman–Crippen MR) is 73.9 cm³/mol. The summed E-state index contributed by atoms with van der Waals surface area (Å²) in [5.74, 6) is 0. The van der Waals surface area contributed by atoms with Gasteiger partial charge in [-0.15, -0.1) is 0 Å². The molecule has 3 heteroatoms. The molecule has 3 nitrogen and oxygen atoms in total. The van der Waals surface area contributed by atoms with E-state index < -0.39 is 0 Å². The van der Waals surface area contributed by atoms with E-state index in [-0.39, 0.29) is 6.10 Å². The van der Waals surface area contributed by atoms with Gasteiger partial charge in [0.2, 0.25) is 0 Å². The highest BCUT2D eigenvalue weighted by atomic mass is 16.5. The molecule has 1 saturated heterocycles. The molecule has 1 heterocycles. The monoisotopic (exact) mass is 249 g/mol. The van der Waals surface area contributed by atoms with Crippen molar-refractivity contribution in [1.29, 1.82) is 0 Å². The van der Waals surface area contributed by atoms with Gasteiger partial charge in [-0.3, -0.25) is 0 Å². The van der Waals surface area contributed by atoms with Crippen molar-refractivity contribution in [1.82, 2.24) is 0 Å². The van der Waals surface area contributed by atoms with Gasteiger partial charge in [0.25, 0.3) is 0 Å². The van der Waals surface area contributed by atoms with Gasteiger partial charge in [-0.1, -0.05) is 32.0 Å². The third-order valence-corrected chi connectivity index (χ3v) is 3.69. The number of nitrogens with zero attached hydrogens (tertiary/aromatic N) is 1. The molecule has 100 valence electrons. The van der Waals surface area contributed by atoms with Crippen molar-refractivity contribution >= 4 is 5.69 Å². The maximum absolute atomic E-state index is 10.1. The van der Waals surface area contributed by atoms with Crippen LogP contribution in [0.2, 0.25) is 0 Å². The average Bonchev–Trinajstić information content (AvgIpc) is 2.46. The van der Waals surface area contributed by atoms with E-state index in [2.05, 4.69) is 17.9 Å². The van der Waals surface area contributed by atoms with Gasteiger partial charge in [0.15, 0.2) is 0 Å². The largest absolute Gasteiger partial charge is 0.388 e. The number of anilines is 1. The Kier molecular flexibility index (Phi) is 4.61. The molecule has 2 atom stereocenters. The van der Waals surface area contributed by atoms with Gasteiger partial charge in [-0.2, -0.15) is 0 Å². The Balaban J connectivity index is 2.30. The summed E-state index contributed by atoms with van der Waals surface area (Å²) in [6.45, 7) is 6.66. The molecule has 18 heavy (non-hydrogen) atoms. The van der Waals surface area contributed by atoms with Gasteiger partial charge in [-0.25, -0.2) is 0 Å². The zero-order valence-corrected chi connectivity index (χ0v) is 11.3. The number of hydrogen-bond donors (Lipinski definition) is 1. The quantitative estimate of drug-likeness (QED) is 0.890. The molecule has 1 aliphatic heterocycles. The van der Waals surface area contributed by atoms with Gasteiger partial charge in [-0.05, 0) is 18.9 Å². The smallest absolute Gasteiger partial charge is 0.0807 e. The number of rotatable bonds is 4. The summed E-state index contributed by atoms with van der Waals surface area (Å²) in [5, 5.41) is 10.1. The van der Waals surface area contributed by atoms with Crippen LogP contribution in [0.3, 0.4) is 0 Å². The lowest BCUT2D eigenvalue weighted by molar-refractivity contribution is 0.0923. The Morgan fingerprint density at radius 2 is 2.17 bits per heavy atom. The molecule has 2 rings (SSSR count). The third kappa shape index (κ3) is 2.68. The van der Waals surface area contributed by atoms with Gasteiger partial charge >= 0.3 is 0 Å². The van der Waals surface area contributed by atoms with Crippen molar-refractivity contribution in [3.05, 3.63) is 29.8 Å². The minimum absolute atomic E-state index is 0.374. The van der Waals surface area contributed by atoms with Crippen molar-refractivity contribution < 1.29 is 9.84 Å². The van der Waals surface area contributed by atoms with Crippen LogP contribution in [0, 0.1) is 0 Å². The third-order valence-electron chi connectivity index (χ3n) is 3.69. The van der Waals surface area contributed by atoms with Crippen molar-refractivity contribution in [3.63, 3.8) is 0 Å². The number of benzene rings is 1. The number of aliphatic hydroxyl groups excluding tert-OH is 1. The zero-order chi connectivity index (χ0) is 13.0. The fraction of sp³-hybridized carbons (Fsp3) is 0.600. The Morgan fingerprint density at radius 3 is 2.89 bits per heavy atom. The van der Waals surface area contributed by atoms with Gasteiger partial charge < -0.3 is 14.7 Å². The number of hydrogen-bond acceptors (Lipinski definition) is 3. The molecular formula is C15H23NO2. The van der Waals surface area contributed by atoms with Crippen LogP contribution >= 0.6 is 0 Å². The summed E-state index contributed by atoms with van der Waals surface area (Å²) in [7, 11) is 0. The molecule has 1 aromatic rings. The Bertz CT molecular complexity index is 381. The van der Waals surface area contributed by atoms with Crippen LogP contribution in [0.5, 0.6) is 0 Å². The zero-order valence-electron chi connectivity index (χ0n) is 11.3. The van der Waals surface area contributed by atoms with Crippen molar-refractivity contribution in [3.8, 4) is 0 Å². The molecular weight excluding hydrogens is 226 g/mol. The summed E-state index contributed by atoms with van der Waals surface area (Å²) < 4.78 is 5.55. The van der Waals surface area contributed by atoms with Crippen LogP contribution in [-0.4, -0.2) is 30.9 Å². The van der Waals surface area contributed by atoms with Gasteiger partial charge in [0, 0.05) is 17.8 Å². The number of para-hydroxylation sites is 1. The van der Waals surface area contributed by atoms with E-state index in [9.17, 15) is 5.11 Å². The van der Waals surface area contributed by atoms with Crippen molar-refractivity contribution in [2.45, 2.75) is 38.8 Å². The van der Waals surface area contributed by atoms with E-state index in [1.165, 1.54) is 5.69 Å². The standard InChI is InChI=1S/C15H23NO2/c1-3-12-11-18-10-9-16(12)14-8-6-5-7-13(14)15(17)4-2/h5-8,12,15,17H,3-4,9-11H2,1-2H3/t12?,15-/m0/s1. The number of aliphatic hydroxyl groups is 1. The second-order valence-electron chi connectivity index (χ2n) is 4.81. The van der Waals surface area contributed by atoms with Crippen molar-refractivity contribution in [2.24, 2.45) is 0 Å². The van der Waals surface area contributed by atoms with Crippen molar-refractivity contribution in [2.75, 3.05) is 24.7 Å². The lowest BCUT2D eigenvalue weighted by Crippen LogP contribution is -2.45. The van der Waals surface area contributed by atoms with E-state index in [1.807, 2.05) is 25.1 Å². The molecule has 0 aliphatic carbocycles. The van der Waals surface area contributed by atoms with Gasteiger partial charge in [0.05, 0.1) is 25.4 Å². The summed E-state index contributed by atoms with van der Waals surface area (Å²) in [6.07, 6.45) is 1.44. The van der Waals surface area contributed by atoms with E-state index >= 15 is 0 Å². The van der Waals surface area contributed by atoms with E-state index in [0.717, 1.165) is 38.2 Å². The van der Waals surface area contributed by atoms with Crippen LogP contribution in [0.1, 0.15) is 38.4 Å². The Labute approximate surface area is 109 Å². The molecule has 1 fully saturated rings. The van der Waals surface area contributed by atoms with E-state index in [4.69, 9.17) is 4.74 Å². The molecule has 0 saturated carbocycles. The molecule has 1 N–H and O–H groups in total. The summed E-state index contributed by atoms with van der Waals surface area (Å²) in [5.41, 5.74) is 2.21. The highest BCUT2D eigenvalue weighted by Crippen LogP contribution is 2.30. The molecule has 0 amide bonds. The van der Waals surface area contributed by atoms with Crippen LogP contribution in [0.15, 0.2) is 24.3 Å². The molecule has 1 unspecified atom stereocenters. The first-order valence-corrected chi connectivity index (χ1v) is 6.89. The maximum atomic E-state index is 10.1. The SMILES string of the molecule is CCC1COCCN1c1ccccc1[C@@H](O)CC. The van der Waals surface area contributed by atoms with Gasteiger partial charge in [0.1, 0.15) is 0 Å². The fourth-order valence-electron chi connectivity index (χ4n) is 2.56. The Morgan fingerprint density at radius 1 is 1.39 bits per heavy atom. The first-order chi connectivity index (χ1) is 8.77. The van der Waals surface area contributed by atoms with Crippen LogP contribution in [-0.2, 0) is 4.74 Å². The first-order valence-electron chi connectivity index (χ1n) is 6.89. The molecule has 0 spiro atoms. The average molecular weight is 249 g/mol. The summed E-state index contributed by atoms with van der Waals surface area (Å²) >= 11 is 0. The topological polar surface area (TPSA) is 32.7 Å². The molecule has 0 aromatic heterocycles. The number of ether oxygens (including phenoxy) is 1. The highest BCUT2D eigenvalue weighted by Gasteiger charge is 2.24. The predicted octanol–water partition coefficient (Wildman–Crippen LogP) is 2.75. The highest BCUT2D eigenvalue weighted by molar-refractivity contribution is 5.55. The minimum atomic E-state index is -0.374. The first kappa shape index (κ1) is 13.4. The lowest BCUT2D eigenvalue weighted by atomic mass is 10.0. The molecule has 1 aromatic carbocycles. The minimum Gasteiger partial charge on any atom is -0.388 e. The maximum Gasteiger partial charge on any atom is 0.0807 e. The second kappa shape index (κ2) is 6.21. The fourth-order valence-corrected chi connectivity index (χ4v) is 2.56. The van der Waals surface area contributed by atoms with Crippen LogP contribution in [0.4, 0.5) is 5.69 Å². The summed E-state index contributed by atoms with van der Waals surface area (Å²) in [4.78, 5) is 2.39. The number of morpholine rings is 1. The van der Waals surface area contributed by atoms with Crippen LogP contribution in [0.25, 0.3) is 0 Å².